The molecular weight excluding hydrogens is 194 g/mol. The summed E-state index contributed by atoms with van der Waals surface area (Å²) in [6.45, 7) is 2.33. The Bertz CT molecular complexity index is 425. The molecule has 2 aromatic heterocycles. The SMILES string of the molecule is c1cc2[nH]nc(N3CCCCC3)c2s1. The van der Waals surface area contributed by atoms with Crippen LogP contribution in [0.25, 0.3) is 10.2 Å². The van der Waals surface area contributed by atoms with Crippen LogP contribution < -0.4 is 4.90 Å². The molecular formula is C10H13N3S. The van der Waals surface area contributed by atoms with Crippen molar-refractivity contribution in [3.05, 3.63) is 11.4 Å². The number of nitrogens with zero attached hydrogens (tertiary/aromatic N) is 2. The van der Waals surface area contributed by atoms with E-state index in [0.717, 1.165) is 18.9 Å². The van der Waals surface area contributed by atoms with Gasteiger partial charge in [-0.2, -0.15) is 5.10 Å². The lowest BCUT2D eigenvalue weighted by atomic mass is 10.1. The van der Waals surface area contributed by atoms with Gasteiger partial charge in [0.2, 0.25) is 0 Å². The molecule has 0 amide bonds. The topological polar surface area (TPSA) is 31.9 Å². The van der Waals surface area contributed by atoms with Crippen molar-refractivity contribution >= 4 is 27.4 Å². The first-order valence-corrected chi connectivity index (χ1v) is 5.99. The number of thiophene rings is 1. The van der Waals surface area contributed by atoms with Crippen LogP contribution in [0.15, 0.2) is 11.4 Å². The van der Waals surface area contributed by atoms with Crippen LogP contribution in [0.2, 0.25) is 0 Å². The molecule has 3 heterocycles. The van der Waals surface area contributed by atoms with Gasteiger partial charge in [-0.3, -0.25) is 5.10 Å². The minimum Gasteiger partial charge on any atom is -0.354 e. The van der Waals surface area contributed by atoms with Crippen molar-refractivity contribution in [2.24, 2.45) is 0 Å². The summed E-state index contributed by atoms with van der Waals surface area (Å²) in [5, 5.41) is 9.60. The first-order valence-electron chi connectivity index (χ1n) is 5.12. The maximum Gasteiger partial charge on any atom is 0.168 e. The monoisotopic (exact) mass is 207 g/mol. The number of aromatic nitrogens is 2. The molecule has 1 N–H and O–H groups in total. The van der Waals surface area contributed by atoms with Gasteiger partial charge in [-0.15, -0.1) is 11.3 Å². The van der Waals surface area contributed by atoms with Crippen molar-refractivity contribution in [1.82, 2.24) is 10.2 Å². The van der Waals surface area contributed by atoms with Gasteiger partial charge >= 0.3 is 0 Å². The van der Waals surface area contributed by atoms with Crippen molar-refractivity contribution in [2.45, 2.75) is 19.3 Å². The van der Waals surface area contributed by atoms with Crippen LogP contribution in [0.5, 0.6) is 0 Å². The zero-order chi connectivity index (χ0) is 9.38. The fourth-order valence-electron chi connectivity index (χ4n) is 2.05. The largest absolute Gasteiger partial charge is 0.354 e. The van der Waals surface area contributed by atoms with E-state index in [1.54, 1.807) is 11.3 Å². The molecule has 14 heavy (non-hydrogen) atoms. The Labute approximate surface area is 86.7 Å². The molecule has 0 aromatic carbocycles. The van der Waals surface area contributed by atoms with E-state index in [1.807, 2.05) is 0 Å². The smallest absolute Gasteiger partial charge is 0.168 e. The molecule has 0 aliphatic carbocycles. The number of H-pyrrole nitrogens is 1. The minimum atomic E-state index is 1.16. The number of hydrogen-bond donors (Lipinski definition) is 1. The molecule has 0 unspecified atom stereocenters. The fraction of sp³-hybridized carbons (Fsp3) is 0.500. The zero-order valence-electron chi connectivity index (χ0n) is 7.99. The molecule has 1 saturated heterocycles. The number of nitrogens with one attached hydrogen (secondary N) is 1. The highest BCUT2D eigenvalue weighted by Crippen LogP contribution is 2.30. The number of fused-ring (bicyclic) bond motifs is 1. The predicted octanol–water partition coefficient (Wildman–Crippen LogP) is 2.61. The first-order chi connectivity index (χ1) is 6.95. The standard InChI is InChI=1S/C10H13N3S/c1-2-5-13(6-3-1)10-9-8(11-12-10)4-7-14-9/h4,7H,1-3,5-6H2,(H,11,12). The second-order valence-electron chi connectivity index (χ2n) is 3.76. The molecule has 1 fully saturated rings. The second kappa shape index (κ2) is 3.28. The van der Waals surface area contributed by atoms with Crippen LogP contribution >= 0.6 is 11.3 Å². The maximum absolute atomic E-state index is 4.39. The van der Waals surface area contributed by atoms with E-state index < -0.39 is 0 Å². The van der Waals surface area contributed by atoms with Gasteiger partial charge in [0, 0.05) is 13.1 Å². The summed E-state index contributed by atoms with van der Waals surface area (Å²) < 4.78 is 1.31. The number of piperidine rings is 1. The van der Waals surface area contributed by atoms with Gasteiger partial charge in [0.05, 0.1) is 10.2 Å². The maximum atomic E-state index is 4.39. The fourth-order valence-corrected chi connectivity index (χ4v) is 2.92. The van der Waals surface area contributed by atoms with E-state index in [1.165, 1.54) is 29.5 Å². The summed E-state index contributed by atoms with van der Waals surface area (Å²) in [6.07, 6.45) is 3.98. The lowest BCUT2D eigenvalue weighted by Gasteiger charge is -2.26. The van der Waals surface area contributed by atoms with Gasteiger partial charge in [0.1, 0.15) is 0 Å². The van der Waals surface area contributed by atoms with E-state index in [-0.39, 0.29) is 0 Å². The first kappa shape index (κ1) is 8.29. The van der Waals surface area contributed by atoms with Crippen LogP contribution in [-0.2, 0) is 0 Å². The Morgan fingerprint density at radius 1 is 1.29 bits per heavy atom. The highest BCUT2D eigenvalue weighted by Gasteiger charge is 2.16. The predicted molar refractivity (Wildman–Crippen MR) is 60.0 cm³/mol. The molecule has 3 rings (SSSR count). The molecule has 0 spiro atoms. The van der Waals surface area contributed by atoms with Crippen LogP contribution in [0, 0.1) is 0 Å². The quantitative estimate of drug-likeness (QED) is 0.779. The van der Waals surface area contributed by atoms with Gasteiger partial charge in [-0.05, 0) is 30.7 Å². The van der Waals surface area contributed by atoms with E-state index in [9.17, 15) is 0 Å². The third-order valence-corrected chi connectivity index (χ3v) is 3.72. The number of hydrogen-bond acceptors (Lipinski definition) is 3. The van der Waals surface area contributed by atoms with E-state index >= 15 is 0 Å². The average Bonchev–Trinajstić information content (AvgIpc) is 2.79. The molecule has 74 valence electrons. The van der Waals surface area contributed by atoms with Gasteiger partial charge in [0.15, 0.2) is 5.82 Å². The molecule has 0 radical (unpaired) electrons. The highest BCUT2D eigenvalue weighted by atomic mass is 32.1. The van der Waals surface area contributed by atoms with Crippen LogP contribution in [0.1, 0.15) is 19.3 Å². The summed E-state index contributed by atoms with van der Waals surface area (Å²) >= 11 is 1.78. The van der Waals surface area contributed by atoms with Gasteiger partial charge < -0.3 is 4.90 Å². The molecule has 2 aromatic rings. The van der Waals surface area contributed by atoms with Crippen LogP contribution in [0.4, 0.5) is 5.82 Å². The average molecular weight is 207 g/mol. The molecule has 0 bridgehead atoms. The molecule has 1 aliphatic heterocycles. The molecule has 4 heteroatoms. The summed E-state index contributed by atoms with van der Waals surface area (Å²) in [5.41, 5.74) is 1.18. The van der Waals surface area contributed by atoms with Crippen LogP contribution in [0.3, 0.4) is 0 Å². The Morgan fingerprint density at radius 3 is 3.00 bits per heavy atom. The summed E-state index contributed by atoms with van der Waals surface area (Å²) in [4.78, 5) is 2.40. The van der Waals surface area contributed by atoms with Gasteiger partial charge in [-0.25, -0.2) is 0 Å². The Morgan fingerprint density at radius 2 is 2.14 bits per heavy atom. The number of aromatic amines is 1. The molecule has 0 saturated carbocycles. The summed E-state index contributed by atoms with van der Waals surface area (Å²) in [5.74, 6) is 1.16. The van der Waals surface area contributed by atoms with Crippen molar-refractivity contribution < 1.29 is 0 Å². The Balaban J connectivity index is 1.99. The lowest BCUT2D eigenvalue weighted by Crippen LogP contribution is -2.29. The summed E-state index contributed by atoms with van der Waals surface area (Å²) in [6, 6.07) is 2.10. The number of rotatable bonds is 1. The Kier molecular flexibility index (Phi) is 1.94. The summed E-state index contributed by atoms with van der Waals surface area (Å²) in [7, 11) is 0. The van der Waals surface area contributed by atoms with Crippen molar-refractivity contribution in [1.29, 1.82) is 0 Å². The normalized spacial score (nSPS) is 17.9. The van der Waals surface area contributed by atoms with E-state index in [0.29, 0.717) is 0 Å². The van der Waals surface area contributed by atoms with E-state index in [2.05, 4.69) is 26.5 Å². The van der Waals surface area contributed by atoms with Gasteiger partial charge in [-0.1, -0.05) is 0 Å². The Hall–Kier alpha value is -1.03. The molecule has 0 atom stereocenters. The zero-order valence-corrected chi connectivity index (χ0v) is 8.81. The second-order valence-corrected chi connectivity index (χ2v) is 4.67. The number of anilines is 1. The van der Waals surface area contributed by atoms with Crippen LogP contribution in [-0.4, -0.2) is 23.3 Å². The molecule has 1 aliphatic rings. The highest BCUT2D eigenvalue weighted by molar-refractivity contribution is 7.17. The van der Waals surface area contributed by atoms with E-state index in [4.69, 9.17) is 0 Å². The molecule has 3 nitrogen and oxygen atoms in total. The van der Waals surface area contributed by atoms with Crippen molar-refractivity contribution in [3.63, 3.8) is 0 Å². The lowest BCUT2D eigenvalue weighted by molar-refractivity contribution is 0.574. The van der Waals surface area contributed by atoms with Crippen molar-refractivity contribution in [3.8, 4) is 0 Å². The minimum absolute atomic E-state index is 1.16. The third-order valence-electron chi connectivity index (χ3n) is 2.81. The third kappa shape index (κ3) is 1.21. The van der Waals surface area contributed by atoms with Gasteiger partial charge in [0.25, 0.3) is 0 Å². The van der Waals surface area contributed by atoms with Crippen molar-refractivity contribution in [2.75, 3.05) is 18.0 Å².